The molecule has 2 rings (SSSR count). The maximum atomic E-state index is 11.8. The van der Waals surface area contributed by atoms with E-state index in [0.717, 1.165) is 10.9 Å². The van der Waals surface area contributed by atoms with Crippen LogP contribution in [0.15, 0.2) is 36.5 Å². The topological polar surface area (TPSA) is 63.1 Å². The molecule has 1 aromatic carbocycles. The first-order valence-electron chi connectivity index (χ1n) is 7.47. The number of carbonyl (C=O) groups excluding carboxylic acids is 2. The number of nitrogens with zero attached hydrogens (tertiary/aromatic N) is 1. The molecule has 0 aliphatic rings. The summed E-state index contributed by atoms with van der Waals surface area (Å²) in [5, 5.41) is 6.62. The summed E-state index contributed by atoms with van der Waals surface area (Å²) in [5.74, 6) is -0.297. The van der Waals surface area contributed by atoms with Gasteiger partial charge in [0.05, 0.1) is 6.54 Å². The maximum absolute atomic E-state index is 11.8. The van der Waals surface area contributed by atoms with Crippen molar-refractivity contribution >= 4 is 22.7 Å². The van der Waals surface area contributed by atoms with Crippen molar-refractivity contribution in [1.82, 2.24) is 15.2 Å². The molecule has 0 bridgehead atoms. The SMILES string of the molecule is CC(C)(C)NC(=O)CNC(=O)CCn1ccc2ccccc21. The molecule has 0 atom stereocenters. The Hall–Kier alpha value is -2.30. The lowest BCUT2D eigenvalue weighted by Crippen LogP contribution is -2.45. The van der Waals surface area contributed by atoms with Crippen LogP contribution in [0.1, 0.15) is 27.2 Å². The zero-order chi connectivity index (χ0) is 16.2. The van der Waals surface area contributed by atoms with Gasteiger partial charge in [-0.25, -0.2) is 0 Å². The highest BCUT2D eigenvalue weighted by Gasteiger charge is 2.14. The standard InChI is InChI=1S/C17H23N3O2/c1-17(2,3)19-16(22)12-18-15(21)9-11-20-10-8-13-6-4-5-7-14(13)20/h4-8,10H,9,11-12H2,1-3H3,(H,18,21)(H,19,22). The second-order valence-corrected chi connectivity index (χ2v) is 6.39. The molecule has 1 aromatic heterocycles. The van der Waals surface area contributed by atoms with Crippen molar-refractivity contribution in [3.63, 3.8) is 0 Å². The van der Waals surface area contributed by atoms with Crippen molar-refractivity contribution in [2.45, 2.75) is 39.3 Å². The number of nitrogens with one attached hydrogen (secondary N) is 2. The maximum Gasteiger partial charge on any atom is 0.239 e. The fourth-order valence-electron chi connectivity index (χ4n) is 2.29. The summed E-state index contributed by atoms with van der Waals surface area (Å²) in [6.07, 6.45) is 2.33. The number of aryl methyl sites for hydroxylation is 1. The molecule has 0 radical (unpaired) electrons. The summed E-state index contributed by atoms with van der Waals surface area (Å²) in [7, 11) is 0. The smallest absolute Gasteiger partial charge is 0.239 e. The predicted octanol–water partition coefficient (Wildman–Crippen LogP) is 2.06. The average Bonchev–Trinajstić information content (AvgIpc) is 2.84. The Labute approximate surface area is 130 Å². The molecule has 0 aliphatic heterocycles. The van der Waals surface area contributed by atoms with Gasteiger partial charge in [0.25, 0.3) is 0 Å². The largest absolute Gasteiger partial charge is 0.350 e. The molecule has 0 unspecified atom stereocenters. The molecule has 5 nitrogen and oxygen atoms in total. The van der Waals surface area contributed by atoms with E-state index < -0.39 is 0 Å². The number of aromatic nitrogens is 1. The Kier molecular flexibility index (Phi) is 4.85. The summed E-state index contributed by atoms with van der Waals surface area (Å²) >= 11 is 0. The molecule has 0 spiro atoms. The van der Waals surface area contributed by atoms with Gasteiger partial charge in [0.1, 0.15) is 0 Å². The first-order valence-corrected chi connectivity index (χ1v) is 7.47. The van der Waals surface area contributed by atoms with Crippen LogP contribution in [0, 0.1) is 0 Å². The van der Waals surface area contributed by atoms with Gasteiger partial charge in [0.15, 0.2) is 0 Å². The number of fused-ring (bicyclic) bond motifs is 1. The number of hydrogen-bond donors (Lipinski definition) is 2. The van der Waals surface area contributed by atoms with Crippen LogP contribution >= 0.6 is 0 Å². The first-order chi connectivity index (χ1) is 10.3. The zero-order valence-corrected chi connectivity index (χ0v) is 13.3. The second-order valence-electron chi connectivity index (χ2n) is 6.39. The number of para-hydroxylation sites is 1. The molecule has 1 heterocycles. The lowest BCUT2D eigenvalue weighted by atomic mass is 10.1. The van der Waals surface area contributed by atoms with Gasteiger partial charge in [-0.1, -0.05) is 18.2 Å². The highest BCUT2D eigenvalue weighted by molar-refractivity contribution is 5.85. The van der Waals surface area contributed by atoms with E-state index in [-0.39, 0.29) is 23.9 Å². The van der Waals surface area contributed by atoms with Gasteiger partial charge in [-0.3, -0.25) is 9.59 Å². The second kappa shape index (κ2) is 6.64. The Morgan fingerprint density at radius 1 is 1.09 bits per heavy atom. The van der Waals surface area contributed by atoms with Crippen LogP contribution in [0.3, 0.4) is 0 Å². The molecule has 2 aromatic rings. The first kappa shape index (κ1) is 16.1. The summed E-state index contributed by atoms with van der Waals surface area (Å²) in [6, 6.07) is 10.1. The van der Waals surface area contributed by atoms with Crippen molar-refractivity contribution in [2.75, 3.05) is 6.54 Å². The van der Waals surface area contributed by atoms with E-state index in [9.17, 15) is 9.59 Å². The van der Waals surface area contributed by atoms with Gasteiger partial charge in [0.2, 0.25) is 11.8 Å². The molecular formula is C17H23N3O2. The van der Waals surface area contributed by atoms with Crippen LogP contribution in [-0.4, -0.2) is 28.5 Å². The van der Waals surface area contributed by atoms with Gasteiger partial charge in [0, 0.05) is 30.2 Å². The van der Waals surface area contributed by atoms with Crippen LogP contribution in [-0.2, 0) is 16.1 Å². The molecule has 0 aliphatic carbocycles. The zero-order valence-electron chi connectivity index (χ0n) is 13.3. The molecule has 22 heavy (non-hydrogen) atoms. The van der Waals surface area contributed by atoms with Crippen molar-refractivity contribution in [2.24, 2.45) is 0 Å². The highest BCUT2D eigenvalue weighted by Crippen LogP contribution is 2.15. The Balaban J connectivity index is 1.80. The van der Waals surface area contributed by atoms with Gasteiger partial charge < -0.3 is 15.2 Å². The van der Waals surface area contributed by atoms with Gasteiger partial charge >= 0.3 is 0 Å². The summed E-state index contributed by atoms with van der Waals surface area (Å²) in [5.41, 5.74) is 0.826. The molecule has 0 fully saturated rings. The van der Waals surface area contributed by atoms with E-state index in [0.29, 0.717) is 13.0 Å². The van der Waals surface area contributed by atoms with E-state index in [1.54, 1.807) is 0 Å². The molecule has 118 valence electrons. The van der Waals surface area contributed by atoms with E-state index >= 15 is 0 Å². The Morgan fingerprint density at radius 2 is 1.82 bits per heavy atom. The van der Waals surface area contributed by atoms with Gasteiger partial charge in [-0.2, -0.15) is 0 Å². The number of hydrogen-bond acceptors (Lipinski definition) is 2. The number of benzene rings is 1. The molecule has 5 heteroatoms. The fraction of sp³-hybridized carbons (Fsp3) is 0.412. The third-order valence-corrected chi connectivity index (χ3v) is 3.22. The van der Waals surface area contributed by atoms with E-state index in [1.807, 2.05) is 61.9 Å². The normalized spacial score (nSPS) is 11.4. The third kappa shape index (κ3) is 4.62. The van der Waals surface area contributed by atoms with Crippen molar-refractivity contribution in [1.29, 1.82) is 0 Å². The highest BCUT2D eigenvalue weighted by atomic mass is 16.2. The summed E-state index contributed by atoms with van der Waals surface area (Å²) in [6.45, 7) is 6.33. The Bertz CT molecular complexity index is 668. The van der Waals surface area contributed by atoms with Crippen LogP contribution in [0.25, 0.3) is 10.9 Å². The number of amides is 2. The van der Waals surface area contributed by atoms with Gasteiger partial charge in [-0.15, -0.1) is 0 Å². The lowest BCUT2D eigenvalue weighted by Gasteiger charge is -2.20. The molecule has 0 saturated carbocycles. The third-order valence-electron chi connectivity index (χ3n) is 3.22. The minimum Gasteiger partial charge on any atom is -0.350 e. The van der Waals surface area contributed by atoms with E-state index in [1.165, 1.54) is 0 Å². The number of rotatable bonds is 5. The lowest BCUT2D eigenvalue weighted by molar-refractivity contribution is -0.126. The van der Waals surface area contributed by atoms with Crippen LogP contribution in [0.5, 0.6) is 0 Å². The van der Waals surface area contributed by atoms with Gasteiger partial charge in [-0.05, 0) is 38.3 Å². The van der Waals surface area contributed by atoms with Crippen molar-refractivity contribution < 1.29 is 9.59 Å². The molecular weight excluding hydrogens is 278 g/mol. The Morgan fingerprint density at radius 3 is 2.55 bits per heavy atom. The van der Waals surface area contributed by atoms with E-state index in [2.05, 4.69) is 10.6 Å². The summed E-state index contributed by atoms with van der Waals surface area (Å²) in [4.78, 5) is 23.5. The monoisotopic (exact) mass is 301 g/mol. The quantitative estimate of drug-likeness (QED) is 0.888. The van der Waals surface area contributed by atoms with Crippen molar-refractivity contribution in [3.8, 4) is 0 Å². The van der Waals surface area contributed by atoms with Crippen LogP contribution < -0.4 is 10.6 Å². The fourth-order valence-corrected chi connectivity index (χ4v) is 2.29. The minimum atomic E-state index is -0.286. The molecule has 0 saturated heterocycles. The number of carbonyl (C=O) groups is 2. The van der Waals surface area contributed by atoms with Crippen LogP contribution in [0.2, 0.25) is 0 Å². The average molecular weight is 301 g/mol. The van der Waals surface area contributed by atoms with E-state index in [4.69, 9.17) is 0 Å². The minimum absolute atomic E-state index is 0.0164. The molecule has 2 N–H and O–H groups in total. The predicted molar refractivity (Wildman–Crippen MR) is 87.5 cm³/mol. The van der Waals surface area contributed by atoms with Crippen molar-refractivity contribution in [3.05, 3.63) is 36.5 Å². The van der Waals surface area contributed by atoms with Crippen LogP contribution in [0.4, 0.5) is 0 Å². The summed E-state index contributed by atoms with van der Waals surface area (Å²) < 4.78 is 2.05. The molecule has 2 amide bonds.